The molecule has 1 aliphatic rings. The van der Waals surface area contributed by atoms with E-state index >= 15 is 0 Å². The molecule has 1 fully saturated rings. The number of amides is 1. The van der Waals surface area contributed by atoms with Crippen molar-refractivity contribution >= 4 is 23.0 Å². The van der Waals surface area contributed by atoms with E-state index in [-0.39, 0.29) is 18.7 Å². The van der Waals surface area contributed by atoms with Gasteiger partial charge in [-0.25, -0.2) is 4.21 Å². The predicted molar refractivity (Wildman–Crippen MR) is 87.8 cm³/mol. The minimum absolute atomic E-state index is 0.122. The van der Waals surface area contributed by atoms with Crippen LogP contribution in [0.15, 0.2) is 30.3 Å². The van der Waals surface area contributed by atoms with Gasteiger partial charge in [0.1, 0.15) is 0 Å². The van der Waals surface area contributed by atoms with Gasteiger partial charge in [-0.05, 0) is 12.0 Å². The largest absolute Gasteiger partial charge is 0.481 e. The molecule has 1 aliphatic heterocycles. The van der Waals surface area contributed by atoms with Crippen molar-refractivity contribution < 1.29 is 28.2 Å². The van der Waals surface area contributed by atoms with Crippen molar-refractivity contribution in [1.82, 2.24) is 4.90 Å². The fraction of sp³-hybridized carbons (Fsp3) is 0.500. The van der Waals surface area contributed by atoms with Crippen LogP contribution in [0.4, 0.5) is 0 Å². The highest BCUT2D eigenvalue weighted by Crippen LogP contribution is 2.21. The van der Waals surface area contributed by atoms with Gasteiger partial charge in [-0.3, -0.25) is 9.59 Å². The lowest BCUT2D eigenvalue weighted by molar-refractivity contribution is -0.147. The number of rotatable bonds is 7. The Bertz CT molecular complexity index is 587. The number of nitrogens with zero attached hydrogens (tertiary/aromatic N) is 1. The summed E-state index contributed by atoms with van der Waals surface area (Å²) in [5.41, 5.74) is 0.759. The number of benzene rings is 1. The molecular formula is C16H21NO6S. The van der Waals surface area contributed by atoms with E-state index in [0.29, 0.717) is 26.3 Å². The zero-order chi connectivity index (χ0) is 17.5. The maximum atomic E-state index is 12.3. The molecule has 1 amide bonds. The van der Waals surface area contributed by atoms with Gasteiger partial charge in [0.15, 0.2) is 11.1 Å². The molecule has 1 aromatic carbocycles. The number of morpholine rings is 1. The molecule has 1 saturated heterocycles. The SMILES string of the molecule is O=C(O)C(CC(=O)N1CCOCC1)C(Cc1ccccc1)S(=O)O. The van der Waals surface area contributed by atoms with Crippen LogP contribution in [0.2, 0.25) is 0 Å². The van der Waals surface area contributed by atoms with Gasteiger partial charge >= 0.3 is 5.97 Å². The fourth-order valence-corrected chi connectivity index (χ4v) is 3.54. The van der Waals surface area contributed by atoms with E-state index in [1.807, 2.05) is 6.07 Å². The van der Waals surface area contributed by atoms with Crippen LogP contribution in [0.3, 0.4) is 0 Å². The Morgan fingerprint density at radius 3 is 2.38 bits per heavy atom. The van der Waals surface area contributed by atoms with Gasteiger partial charge in [0.25, 0.3) is 0 Å². The zero-order valence-corrected chi connectivity index (χ0v) is 14.0. The third-order valence-corrected chi connectivity index (χ3v) is 5.08. The Morgan fingerprint density at radius 1 is 1.21 bits per heavy atom. The van der Waals surface area contributed by atoms with E-state index in [4.69, 9.17) is 4.74 Å². The smallest absolute Gasteiger partial charge is 0.308 e. The van der Waals surface area contributed by atoms with Gasteiger partial charge in [0, 0.05) is 19.5 Å². The molecule has 7 nitrogen and oxygen atoms in total. The van der Waals surface area contributed by atoms with E-state index < -0.39 is 28.2 Å². The number of carboxylic acids is 1. The summed E-state index contributed by atoms with van der Waals surface area (Å²) in [6, 6.07) is 8.90. The quantitative estimate of drug-likeness (QED) is 0.700. The summed E-state index contributed by atoms with van der Waals surface area (Å²) in [6.45, 7) is 1.67. The minimum Gasteiger partial charge on any atom is -0.481 e. The van der Waals surface area contributed by atoms with Crippen molar-refractivity contribution in [1.29, 1.82) is 0 Å². The summed E-state index contributed by atoms with van der Waals surface area (Å²) in [7, 11) is 0. The molecule has 0 aliphatic carbocycles. The van der Waals surface area contributed by atoms with E-state index in [0.717, 1.165) is 5.56 Å². The molecule has 3 unspecified atom stereocenters. The van der Waals surface area contributed by atoms with Crippen molar-refractivity contribution in [2.24, 2.45) is 5.92 Å². The average molecular weight is 355 g/mol. The Balaban J connectivity index is 2.11. The molecule has 24 heavy (non-hydrogen) atoms. The Labute approximate surface area is 142 Å². The van der Waals surface area contributed by atoms with Gasteiger partial charge in [0.05, 0.1) is 24.4 Å². The van der Waals surface area contributed by atoms with Crippen LogP contribution in [0.25, 0.3) is 0 Å². The fourth-order valence-electron chi connectivity index (χ4n) is 2.71. The van der Waals surface area contributed by atoms with Gasteiger partial charge in [-0.2, -0.15) is 0 Å². The maximum Gasteiger partial charge on any atom is 0.308 e. The van der Waals surface area contributed by atoms with Crippen LogP contribution in [0.1, 0.15) is 12.0 Å². The second-order valence-corrected chi connectivity index (χ2v) is 6.80. The number of carbonyl (C=O) groups is 2. The van der Waals surface area contributed by atoms with Crippen molar-refractivity contribution in [3.05, 3.63) is 35.9 Å². The first-order chi connectivity index (χ1) is 11.5. The van der Waals surface area contributed by atoms with Gasteiger partial charge in [-0.1, -0.05) is 30.3 Å². The van der Waals surface area contributed by atoms with Gasteiger partial charge in [-0.15, -0.1) is 0 Å². The van der Waals surface area contributed by atoms with Crippen LogP contribution in [-0.2, 0) is 31.8 Å². The summed E-state index contributed by atoms with van der Waals surface area (Å²) in [5.74, 6) is -2.78. The predicted octanol–water partition coefficient (Wildman–Crippen LogP) is 0.769. The number of aliphatic carboxylic acids is 1. The number of carboxylic acid groups (broad SMARTS) is 1. The summed E-state index contributed by atoms with van der Waals surface area (Å²) >= 11 is -2.35. The molecule has 0 bridgehead atoms. The summed E-state index contributed by atoms with van der Waals surface area (Å²) < 4.78 is 26.5. The lowest BCUT2D eigenvalue weighted by atomic mass is 9.95. The first kappa shape index (κ1) is 18.6. The second kappa shape index (κ2) is 8.91. The molecule has 2 rings (SSSR count). The molecule has 0 aromatic heterocycles. The molecule has 0 radical (unpaired) electrons. The van der Waals surface area contributed by atoms with Crippen molar-refractivity contribution in [2.45, 2.75) is 18.1 Å². The van der Waals surface area contributed by atoms with Crippen LogP contribution >= 0.6 is 0 Å². The molecule has 2 N–H and O–H groups in total. The lowest BCUT2D eigenvalue weighted by Gasteiger charge is -2.29. The van der Waals surface area contributed by atoms with Crippen molar-refractivity contribution in [3.8, 4) is 0 Å². The highest BCUT2D eigenvalue weighted by atomic mass is 32.2. The number of ether oxygens (including phenoxy) is 1. The number of hydrogen-bond donors (Lipinski definition) is 2. The van der Waals surface area contributed by atoms with Crippen LogP contribution in [0.5, 0.6) is 0 Å². The van der Waals surface area contributed by atoms with E-state index in [1.54, 1.807) is 29.2 Å². The first-order valence-electron chi connectivity index (χ1n) is 7.71. The molecule has 0 spiro atoms. The topological polar surface area (TPSA) is 104 Å². The maximum absolute atomic E-state index is 12.3. The van der Waals surface area contributed by atoms with E-state index in [9.17, 15) is 23.5 Å². The summed E-state index contributed by atoms with van der Waals surface area (Å²) in [4.78, 5) is 25.5. The van der Waals surface area contributed by atoms with E-state index in [2.05, 4.69) is 0 Å². The first-order valence-corrected chi connectivity index (χ1v) is 8.88. The van der Waals surface area contributed by atoms with Gasteiger partial charge < -0.3 is 19.3 Å². The van der Waals surface area contributed by atoms with Crippen molar-refractivity contribution in [3.63, 3.8) is 0 Å². The van der Waals surface area contributed by atoms with Gasteiger partial charge in [0.2, 0.25) is 5.91 Å². The zero-order valence-electron chi connectivity index (χ0n) is 13.2. The Morgan fingerprint density at radius 2 is 1.83 bits per heavy atom. The Kier molecular flexibility index (Phi) is 6.89. The normalized spacial score (nSPS) is 18.6. The molecule has 132 valence electrons. The monoisotopic (exact) mass is 355 g/mol. The standard InChI is InChI=1S/C16H21NO6S/c18-15(17-6-8-23-9-7-17)11-13(16(19)20)14(24(21)22)10-12-4-2-1-3-5-12/h1-5,13-14H,6-11H2,(H,19,20)(H,21,22). The van der Waals surface area contributed by atoms with Crippen molar-refractivity contribution in [2.75, 3.05) is 26.3 Å². The third kappa shape index (κ3) is 5.12. The van der Waals surface area contributed by atoms with E-state index in [1.165, 1.54) is 0 Å². The second-order valence-electron chi connectivity index (χ2n) is 5.65. The average Bonchev–Trinajstić information content (AvgIpc) is 2.59. The minimum atomic E-state index is -2.35. The highest BCUT2D eigenvalue weighted by molar-refractivity contribution is 7.79. The third-order valence-electron chi connectivity index (χ3n) is 4.06. The Hall–Kier alpha value is -1.77. The molecule has 1 heterocycles. The molecule has 8 heteroatoms. The number of carbonyl (C=O) groups excluding carboxylic acids is 1. The van der Waals surface area contributed by atoms with Crippen LogP contribution in [0, 0.1) is 5.92 Å². The summed E-state index contributed by atoms with van der Waals surface area (Å²) in [5, 5.41) is 8.43. The number of hydrogen-bond acceptors (Lipinski definition) is 4. The highest BCUT2D eigenvalue weighted by Gasteiger charge is 2.35. The lowest BCUT2D eigenvalue weighted by Crippen LogP contribution is -2.44. The van der Waals surface area contributed by atoms with Crippen LogP contribution in [-0.4, -0.2) is 62.2 Å². The molecule has 1 aromatic rings. The van der Waals surface area contributed by atoms with Crippen LogP contribution < -0.4 is 0 Å². The molecule has 0 saturated carbocycles. The molecular weight excluding hydrogens is 334 g/mol. The summed E-state index contributed by atoms with van der Waals surface area (Å²) in [6.07, 6.45) is -0.170. The molecule has 3 atom stereocenters.